The Hall–Kier alpha value is -4.24. The van der Waals surface area contributed by atoms with Crippen LogP contribution in [0.4, 0.5) is 0 Å². The second kappa shape index (κ2) is 9.19. The van der Waals surface area contributed by atoms with Crippen LogP contribution < -0.4 is 9.61 Å². The van der Waals surface area contributed by atoms with Crippen molar-refractivity contribution in [2.75, 3.05) is 13.7 Å². The number of carbonyl (C=O) groups excluding carboxylic acids is 1. The number of hydrogen-bond donors (Lipinski definition) is 1. The molecule has 5 rings (SSSR count). The van der Waals surface area contributed by atoms with Crippen molar-refractivity contribution in [1.29, 1.82) is 0 Å². The zero-order valence-electron chi connectivity index (χ0n) is 19.4. The van der Waals surface area contributed by atoms with Crippen molar-refractivity contribution in [3.8, 4) is 34.0 Å². The van der Waals surface area contributed by atoms with Crippen molar-refractivity contribution >= 4 is 28.5 Å². The normalized spacial score (nSPS) is 11.1. The molecule has 0 fully saturated rings. The quantitative estimate of drug-likeness (QED) is 0.339. The van der Waals surface area contributed by atoms with E-state index in [1.165, 1.54) is 7.11 Å². The number of H-pyrrole nitrogens is 1. The number of hydrogen-bond acceptors (Lipinski definition) is 7. The minimum atomic E-state index is -0.426. The van der Waals surface area contributed by atoms with Crippen LogP contribution in [-0.4, -0.2) is 38.6 Å². The molecule has 0 aliphatic heterocycles. The van der Waals surface area contributed by atoms with Gasteiger partial charge < -0.3 is 9.47 Å². The van der Waals surface area contributed by atoms with Crippen LogP contribution in [-0.2, 0) is 4.74 Å². The maximum Gasteiger partial charge on any atom is 0.344 e. The summed E-state index contributed by atoms with van der Waals surface area (Å²) in [5.74, 6) is 1.48. The van der Waals surface area contributed by atoms with Gasteiger partial charge in [0.15, 0.2) is 5.82 Å². The number of imidazole rings is 1. The predicted molar refractivity (Wildman–Crippen MR) is 135 cm³/mol. The van der Waals surface area contributed by atoms with E-state index in [1.54, 1.807) is 12.1 Å². The van der Waals surface area contributed by atoms with E-state index in [2.05, 4.69) is 14.3 Å². The molecule has 0 bridgehead atoms. The topological polar surface area (TPSA) is 99.1 Å². The van der Waals surface area contributed by atoms with Gasteiger partial charge in [-0.05, 0) is 43.7 Å². The summed E-state index contributed by atoms with van der Waals surface area (Å²) in [4.78, 5) is 32.7. The molecular weight excluding hydrogens is 464 g/mol. The number of benzene rings is 3. The fourth-order valence-corrected chi connectivity index (χ4v) is 4.73. The maximum absolute atomic E-state index is 12.5. The van der Waals surface area contributed by atoms with Crippen LogP contribution in [0.15, 0.2) is 65.5 Å². The highest BCUT2D eigenvalue weighted by Gasteiger charge is 2.20. The third-order valence-corrected chi connectivity index (χ3v) is 6.24. The molecule has 0 atom stereocenters. The molecule has 9 heteroatoms. The number of methoxy groups -OCH3 is 1. The summed E-state index contributed by atoms with van der Waals surface area (Å²) >= 11 is 0.955. The lowest BCUT2D eigenvalue weighted by molar-refractivity contribution is 0.0602. The monoisotopic (exact) mass is 486 g/mol. The van der Waals surface area contributed by atoms with Gasteiger partial charge in [0.2, 0.25) is 0 Å². The zero-order chi connectivity index (χ0) is 24.5. The Labute approximate surface area is 205 Å². The van der Waals surface area contributed by atoms with Gasteiger partial charge in [-0.2, -0.15) is 4.98 Å². The summed E-state index contributed by atoms with van der Waals surface area (Å²) in [5, 5.41) is 0. The van der Waals surface area contributed by atoms with E-state index in [1.807, 2.05) is 66.9 Å². The van der Waals surface area contributed by atoms with Gasteiger partial charge in [-0.3, -0.25) is 13.7 Å². The highest BCUT2D eigenvalue weighted by molar-refractivity contribution is 7.03. The van der Waals surface area contributed by atoms with Crippen molar-refractivity contribution in [2.24, 2.45) is 0 Å². The first kappa shape index (κ1) is 22.5. The number of ether oxygens (including phenoxy) is 2. The Kier molecular flexibility index (Phi) is 5.92. The van der Waals surface area contributed by atoms with Gasteiger partial charge in [-0.25, -0.2) is 9.78 Å². The molecule has 176 valence electrons. The number of nitrogens with zero attached hydrogens (tertiary/aromatic N) is 3. The molecule has 35 heavy (non-hydrogen) atoms. The summed E-state index contributed by atoms with van der Waals surface area (Å²) in [7, 11) is 1.36. The number of aromatic amines is 1. The Bertz CT molecular complexity index is 1620. The second-order valence-electron chi connectivity index (χ2n) is 7.75. The first-order valence-corrected chi connectivity index (χ1v) is 11.8. The van der Waals surface area contributed by atoms with Crippen molar-refractivity contribution in [2.45, 2.75) is 13.8 Å². The second-order valence-corrected chi connectivity index (χ2v) is 8.51. The summed E-state index contributed by atoms with van der Waals surface area (Å²) in [6.07, 6.45) is 0. The van der Waals surface area contributed by atoms with E-state index in [0.717, 1.165) is 39.7 Å². The minimum Gasteiger partial charge on any atom is -0.493 e. The fourth-order valence-electron chi connectivity index (χ4n) is 4.25. The predicted octanol–water partition coefficient (Wildman–Crippen LogP) is 5.00. The lowest BCUT2D eigenvalue weighted by atomic mass is 9.98. The molecule has 0 saturated heterocycles. The van der Waals surface area contributed by atoms with Crippen LogP contribution in [0.5, 0.6) is 5.75 Å². The van der Waals surface area contributed by atoms with E-state index in [-0.39, 0.29) is 4.87 Å². The first-order chi connectivity index (χ1) is 17.0. The Morgan fingerprint density at radius 3 is 2.54 bits per heavy atom. The number of rotatable bonds is 6. The van der Waals surface area contributed by atoms with Crippen LogP contribution in [0.25, 0.3) is 39.2 Å². The molecule has 0 saturated carbocycles. The Morgan fingerprint density at radius 1 is 1.03 bits per heavy atom. The van der Waals surface area contributed by atoms with Gasteiger partial charge in [-0.1, -0.05) is 30.3 Å². The molecule has 8 nitrogen and oxygen atoms in total. The SMILES string of the molecule is CCOc1cc(-n2c(C)nc3cccc(C(=O)OC)c32)ccc1-c1ccccc1-c1nc(=O)s[nH]1. The number of carbonyl (C=O) groups is 1. The van der Waals surface area contributed by atoms with Crippen LogP contribution in [0.1, 0.15) is 23.1 Å². The molecule has 3 aromatic carbocycles. The van der Waals surface area contributed by atoms with Gasteiger partial charge in [0, 0.05) is 28.7 Å². The molecule has 0 aliphatic rings. The van der Waals surface area contributed by atoms with Gasteiger partial charge in [0.1, 0.15) is 11.6 Å². The number of aryl methyl sites for hydroxylation is 1. The standard InChI is InChI=1S/C26H22N4O4S/c1-4-34-22-14-16(30-15(2)27-21-11-7-10-20(23(21)30)25(31)33-3)12-13-18(22)17-8-5-6-9-19(17)24-28-26(32)35-29-24/h5-14H,4H2,1-3H3,(H,28,29,32). The number of fused-ring (bicyclic) bond motifs is 1. The van der Waals surface area contributed by atoms with Gasteiger partial charge in [-0.15, -0.1) is 0 Å². The summed E-state index contributed by atoms with van der Waals surface area (Å²) < 4.78 is 16.0. The minimum absolute atomic E-state index is 0.279. The highest BCUT2D eigenvalue weighted by Crippen LogP contribution is 2.38. The molecular formula is C26H22N4O4S. The van der Waals surface area contributed by atoms with Gasteiger partial charge in [0.05, 0.1) is 36.0 Å². The summed E-state index contributed by atoms with van der Waals surface area (Å²) in [6.45, 7) is 4.28. The molecule has 0 radical (unpaired) electrons. The van der Waals surface area contributed by atoms with E-state index in [4.69, 9.17) is 9.47 Å². The molecule has 0 aliphatic carbocycles. The van der Waals surface area contributed by atoms with Gasteiger partial charge >= 0.3 is 10.8 Å². The zero-order valence-corrected chi connectivity index (χ0v) is 20.2. The van der Waals surface area contributed by atoms with Crippen LogP contribution in [0, 0.1) is 6.92 Å². The van der Waals surface area contributed by atoms with Crippen LogP contribution in [0.3, 0.4) is 0 Å². The number of nitrogens with one attached hydrogen (secondary N) is 1. The molecule has 0 unspecified atom stereocenters. The number of para-hydroxylation sites is 1. The maximum atomic E-state index is 12.5. The average molecular weight is 487 g/mol. The fraction of sp³-hybridized carbons (Fsp3) is 0.154. The summed E-state index contributed by atoms with van der Waals surface area (Å²) in [5.41, 5.74) is 5.15. The van der Waals surface area contributed by atoms with Crippen molar-refractivity contribution < 1.29 is 14.3 Å². The number of esters is 1. The lowest BCUT2D eigenvalue weighted by Gasteiger charge is -2.16. The van der Waals surface area contributed by atoms with E-state index in [9.17, 15) is 9.59 Å². The molecule has 0 spiro atoms. The summed E-state index contributed by atoms with van der Waals surface area (Å²) in [6, 6.07) is 19.0. The number of aromatic nitrogens is 4. The Morgan fingerprint density at radius 2 is 1.83 bits per heavy atom. The van der Waals surface area contributed by atoms with Crippen molar-refractivity contribution in [3.05, 3.63) is 81.7 Å². The lowest BCUT2D eigenvalue weighted by Crippen LogP contribution is -2.06. The third-order valence-electron chi connectivity index (χ3n) is 5.68. The molecule has 5 aromatic rings. The smallest absolute Gasteiger partial charge is 0.344 e. The highest BCUT2D eigenvalue weighted by atomic mass is 32.1. The van der Waals surface area contributed by atoms with E-state index in [0.29, 0.717) is 34.8 Å². The van der Waals surface area contributed by atoms with Crippen LogP contribution >= 0.6 is 11.5 Å². The van der Waals surface area contributed by atoms with Crippen molar-refractivity contribution in [3.63, 3.8) is 0 Å². The molecule has 0 amide bonds. The average Bonchev–Trinajstić information content (AvgIpc) is 3.45. The Balaban J connectivity index is 1.71. The molecule has 2 heterocycles. The molecule has 1 N–H and O–H groups in total. The first-order valence-electron chi connectivity index (χ1n) is 11.0. The third kappa shape index (κ3) is 4.00. The van der Waals surface area contributed by atoms with Crippen molar-refractivity contribution in [1.82, 2.24) is 18.9 Å². The molecule has 2 aromatic heterocycles. The van der Waals surface area contributed by atoms with E-state index < -0.39 is 5.97 Å². The largest absolute Gasteiger partial charge is 0.493 e. The van der Waals surface area contributed by atoms with Gasteiger partial charge in [0.25, 0.3) is 0 Å². The van der Waals surface area contributed by atoms with E-state index >= 15 is 0 Å². The van der Waals surface area contributed by atoms with Crippen LogP contribution in [0.2, 0.25) is 0 Å².